The van der Waals surface area contributed by atoms with Gasteiger partial charge in [0.25, 0.3) is 0 Å². The molecule has 0 amide bonds. The van der Waals surface area contributed by atoms with E-state index in [1.54, 1.807) is 5.41 Å². The van der Waals surface area contributed by atoms with Gasteiger partial charge >= 0.3 is 0 Å². The molecule has 1 nitrogen and oxygen atoms in total. The first kappa shape index (κ1) is 10.5. The maximum absolute atomic E-state index is 6.04. The molecule has 0 aliphatic heterocycles. The smallest absolute Gasteiger partial charge is 0.0568 e. The van der Waals surface area contributed by atoms with Crippen molar-refractivity contribution in [3.63, 3.8) is 0 Å². The highest BCUT2D eigenvalue weighted by atomic mass is 35.5. The summed E-state index contributed by atoms with van der Waals surface area (Å²) in [6.07, 6.45) is 0.947. The lowest BCUT2D eigenvalue weighted by atomic mass is 10.1. The van der Waals surface area contributed by atoms with Gasteiger partial charge in [0.05, 0.1) is 9.92 Å². The Morgan fingerprint density at radius 1 is 1.62 bits per heavy atom. The summed E-state index contributed by atoms with van der Waals surface area (Å²) in [5.74, 6) is 0. The summed E-state index contributed by atoms with van der Waals surface area (Å²) in [6.45, 7) is 5.70. The Kier molecular flexibility index (Phi) is 3.70. The third kappa shape index (κ3) is 2.42. The summed E-state index contributed by atoms with van der Waals surface area (Å²) in [6, 6.07) is 3.90. The van der Waals surface area contributed by atoms with Crippen molar-refractivity contribution in [2.45, 2.75) is 18.2 Å². The highest BCUT2D eigenvalue weighted by Gasteiger charge is 2.05. The summed E-state index contributed by atoms with van der Waals surface area (Å²) in [7, 11) is 0. The molecule has 0 aliphatic rings. The van der Waals surface area contributed by atoms with Crippen molar-refractivity contribution in [1.29, 1.82) is 0 Å². The first-order valence-corrected chi connectivity index (χ1v) is 5.30. The highest BCUT2D eigenvalue weighted by Crippen LogP contribution is 2.34. The predicted octanol–water partition coefficient (Wildman–Crippen LogP) is 3.72. The lowest BCUT2D eigenvalue weighted by molar-refractivity contribution is 1.13. The second-order valence-electron chi connectivity index (χ2n) is 2.63. The van der Waals surface area contributed by atoms with Crippen molar-refractivity contribution in [2.75, 3.05) is 5.73 Å². The number of benzene rings is 1. The van der Waals surface area contributed by atoms with Crippen LogP contribution in [0.4, 0.5) is 5.69 Å². The van der Waals surface area contributed by atoms with E-state index in [1.165, 1.54) is 11.8 Å². The van der Waals surface area contributed by atoms with Crippen LogP contribution in [0, 0.1) is 0 Å². The van der Waals surface area contributed by atoms with Crippen LogP contribution in [0.3, 0.4) is 0 Å². The number of thioether (sulfide) groups is 1. The van der Waals surface area contributed by atoms with Crippen molar-refractivity contribution in [3.8, 4) is 0 Å². The van der Waals surface area contributed by atoms with Crippen LogP contribution in [-0.4, -0.2) is 0 Å². The van der Waals surface area contributed by atoms with E-state index in [1.807, 2.05) is 12.1 Å². The van der Waals surface area contributed by atoms with Crippen molar-refractivity contribution in [2.24, 2.45) is 0 Å². The zero-order chi connectivity index (χ0) is 9.84. The van der Waals surface area contributed by atoms with Gasteiger partial charge in [-0.25, -0.2) is 0 Å². The van der Waals surface area contributed by atoms with Gasteiger partial charge in [-0.2, -0.15) is 0 Å². The van der Waals surface area contributed by atoms with Crippen molar-refractivity contribution in [3.05, 3.63) is 34.7 Å². The van der Waals surface area contributed by atoms with E-state index in [4.69, 9.17) is 17.3 Å². The summed E-state index contributed by atoms with van der Waals surface area (Å²) in [5.41, 5.74) is 7.72. The highest BCUT2D eigenvalue weighted by molar-refractivity contribution is 8.02. The summed E-state index contributed by atoms with van der Waals surface area (Å²) < 4.78 is 0. The summed E-state index contributed by atoms with van der Waals surface area (Å²) in [4.78, 5) is 0.897. The van der Waals surface area contributed by atoms with E-state index in [2.05, 4.69) is 13.5 Å². The molecule has 2 N–H and O–H groups in total. The number of aryl methyl sites for hydroxylation is 1. The fourth-order valence-corrected chi connectivity index (χ4v) is 2.00. The standard InChI is InChI=1S/C10H12ClNS/c1-3-7-5-8(11)10(13-4-2)9(12)6-7/h4-6H,2-3,12H2,1H3. The molecule has 0 fully saturated rings. The van der Waals surface area contributed by atoms with Gasteiger partial charge in [0.1, 0.15) is 0 Å². The molecule has 0 aliphatic carbocycles. The molecule has 1 rings (SSSR count). The molecule has 70 valence electrons. The Balaban J connectivity index is 3.14. The fraction of sp³-hybridized carbons (Fsp3) is 0.200. The van der Waals surface area contributed by atoms with Crippen LogP contribution in [0.2, 0.25) is 5.02 Å². The van der Waals surface area contributed by atoms with E-state index in [9.17, 15) is 0 Å². The molecule has 0 aromatic heterocycles. The van der Waals surface area contributed by atoms with Crippen LogP contribution in [0.1, 0.15) is 12.5 Å². The van der Waals surface area contributed by atoms with Crippen molar-refractivity contribution in [1.82, 2.24) is 0 Å². The van der Waals surface area contributed by atoms with Crippen LogP contribution < -0.4 is 5.73 Å². The van der Waals surface area contributed by atoms with E-state index >= 15 is 0 Å². The lowest BCUT2D eigenvalue weighted by Crippen LogP contribution is -1.91. The maximum Gasteiger partial charge on any atom is 0.0568 e. The molecular weight excluding hydrogens is 202 g/mol. The Bertz CT molecular complexity index is 300. The molecule has 0 radical (unpaired) electrons. The number of hydrogen-bond acceptors (Lipinski definition) is 2. The average molecular weight is 214 g/mol. The quantitative estimate of drug-likeness (QED) is 0.612. The van der Waals surface area contributed by atoms with Crippen LogP contribution in [0.5, 0.6) is 0 Å². The second-order valence-corrected chi connectivity index (χ2v) is 4.02. The van der Waals surface area contributed by atoms with Gasteiger partial charge in [-0.05, 0) is 29.5 Å². The van der Waals surface area contributed by atoms with Crippen LogP contribution in [0.25, 0.3) is 0 Å². The van der Waals surface area contributed by atoms with E-state index in [-0.39, 0.29) is 0 Å². The molecule has 1 aromatic carbocycles. The predicted molar refractivity (Wildman–Crippen MR) is 61.3 cm³/mol. The zero-order valence-corrected chi connectivity index (χ0v) is 9.08. The maximum atomic E-state index is 6.04. The molecule has 3 heteroatoms. The SMILES string of the molecule is C=CSc1c(N)cc(CC)cc1Cl. The Hall–Kier alpha value is -0.600. The Morgan fingerprint density at radius 2 is 2.31 bits per heavy atom. The number of anilines is 1. The van der Waals surface area contributed by atoms with E-state index in [0.29, 0.717) is 5.02 Å². The third-order valence-corrected chi connectivity index (χ3v) is 3.01. The van der Waals surface area contributed by atoms with Gasteiger partial charge in [-0.3, -0.25) is 0 Å². The third-order valence-electron chi connectivity index (χ3n) is 1.74. The number of nitrogen functional groups attached to an aromatic ring is 1. The topological polar surface area (TPSA) is 26.0 Å². The minimum atomic E-state index is 0.710. The molecule has 0 heterocycles. The van der Waals surface area contributed by atoms with Gasteiger partial charge in [0.2, 0.25) is 0 Å². The first-order chi connectivity index (χ1) is 6.19. The molecule has 0 atom stereocenters. The van der Waals surface area contributed by atoms with Gasteiger partial charge in [0.15, 0.2) is 0 Å². The molecule has 0 saturated heterocycles. The van der Waals surface area contributed by atoms with Crippen LogP contribution in [0.15, 0.2) is 29.0 Å². The summed E-state index contributed by atoms with van der Waals surface area (Å²) in [5, 5.41) is 2.44. The van der Waals surface area contributed by atoms with Crippen LogP contribution in [-0.2, 0) is 6.42 Å². The number of rotatable bonds is 3. The molecule has 13 heavy (non-hydrogen) atoms. The first-order valence-electron chi connectivity index (χ1n) is 4.04. The Labute approximate surface area is 88.0 Å². The fourth-order valence-electron chi connectivity index (χ4n) is 1.08. The monoisotopic (exact) mass is 213 g/mol. The molecular formula is C10H12ClNS. The molecule has 0 spiro atoms. The largest absolute Gasteiger partial charge is 0.398 e. The van der Waals surface area contributed by atoms with Gasteiger partial charge in [0, 0.05) is 5.69 Å². The van der Waals surface area contributed by atoms with Crippen molar-refractivity contribution >= 4 is 29.1 Å². The van der Waals surface area contributed by atoms with Gasteiger partial charge in [-0.15, -0.1) is 0 Å². The molecule has 0 bridgehead atoms. The Morgan fingerprint density at radius 3 is 2.77 bits per heavy atom. The number of halogens is 1. The van der Waals surface area contributed by atoms with Crippen LogP contribution >= 0.6 is 23.4 Å². The van der Waals surface area contributed by atoms with Gasteiger partial charge < -0.3 is 5.73 Å². The summed E-state index contributed by atoms with van der Waals surface area (Å²) >= 11 is 7.50. The van der Waals surface area contributed by atoms with E-state index < -0.39 is 0 Å². The normalized spacial score (nSPS) is 10.0. The average Bonchev–Trinajstić information content (AvgIpc) is 2.11. The van der Waals surface area contributed by atoms with E-state index in [0.717, 1.165) is 22.6 Å². The molecule has 0 saturated carbocycles. The number of nitrogens with two attached hydrogens (primary N) is 1. The minimum Gasteiger partial charge on any atom is -0.398 e. The minimum absolute atomic E-state index is 0.710. The molecule has 0 unspecified atom stereocenters. The zero-order valence-electron chi connectivity index (χ0n) is 7.51. The lowest BCUT2D eigenvalue weighted by Gasteiger charge is -2.07. The second kappa shape index (κ2) is 4.58. The number of hydrogen-bond donors (Lipinski definition) is 1. The van der Waals surface area contributed by atoms with Gasteiger partial charge in [-0.1, -0.05) is 36.9 Å². The van der Waals surface area contributed by atoms with Crippen molar-refractivity contribution < 1.29 is 0 Å². The molecule has 1 aromatic rings.